The van der Waals surface area contributed by atoms with Crippen LogP contribution in [-0.2, 0) is 23.3 Å². The molecule has 0 aliphatic heterocycles. The number of rotatable bonds is 7. The highest BCUT2D eigenvalue weighted by Gasteiger charge is 2.23. The predicted octanol–water partition coefficient (Wildman–Crippen LogP) is 4.03. The first-order valence-corrected chi connectivity index (χ1v) is 10.7. The van der Waals surface area contributed by atoms with Crippen LogP contribution < -0.4 is 5.56 Å². The van der Waals surface area contributed by atoms with E-state index in [4.69, 9.17) is 0 Å². The van der Waals surface area contributed by atoms with Crippen molar-refractivity contribution in [3.8, 4) is 0 Å². The molecule has 0 amide bonds. The Kier molecular flexibility index (Phi) is 6.43. The number of aromatic amines is 1. The summed E-state index contributed by atoms with van der Waals surface area (Å²) in [5, 5.41) is 0. The van der Waals surface area contributed by atoms with E-state index in [1.54, 1.807) is 0 Å². The Balaban J connectivity index is 1.90. The van der Waals surface area contributed by atoms with Crippen LogP contribution in [0.5, 0.6) is 0 Å². The van der Waals surface area contributed by atoms with Gasteiger partial charge in [-0.25, -0.2) is 0 Å². The number of pyridine rings is 1. The molecule has 0 spiro atoms. The number of aryl methyl sites for hydroxylation is 1. The lowest BCUT2D eigenvalue weighted by Crippen LogP contribution is -2.17. The van der Waals surface area contributed by atoms with Gasteiger partial charge in [-0.2, -0.15) is 0 Å². The topological polar surface area (TPSA) is 73.0 Å². The van der Waals surface area contributed by atoms with Crippen LogP contribution in [0.4, 0.5) is 0 Å². The third kappa shape index (κ3) is 4.71. The fraction of sp³-hybridized carbons (Fsp3) is 0.476. The van der Waals surface area contributed by atoms with Crippen LogP contribution in [0, 0.1) is 5.92 Å². The highest BCUT2D eigenvalue weighted by Crippen LogP contribution is 2.37. The molecule has 1 heterocycles. The fourth-order valence-electron chi connectivity index (χ4n) is 4.01. The zero-order valence-electron chi connectivity index (χ0n) is 15.2. The van der Waals surface area contributed by atoms with Crippen molar-refractivity contribution in [2.45, 2.75) is 57.1 Å². The molecular formula is C21H26NO3S-. The highest BCUT2D eigenvalue weighted by atomic mass is 32.2. The van der Waals surface area contributed by atoms with Gasteiger partial charge in [-0.1, -0.05) is 74.0 Å². The van der Waals surface area contributed by atoms with E-state index in [2.05, 4.69) is 4.98 Å². The third-order valence-corrected chi connectivity index (χ3v) is 6.05. The molecule has 26 heavy (non-hydrogen) atoms. The maximum absolute atomic E-state index is 12.3. The average molecular weight is 373 g/mol. The van der Waals surface area contributed by atoms with Crippen LogP contribution in [0.15, 0.2) is 41.2 Å². The van der Waals surface area contributed by atoms with E-state index in [1.807, 2.05) is 43.3 Å². The van der Waals surface area contributed by atoms with Gasteiger partial charge in [-0.3, -0.25) is 9.00 Å². The number of H-pyrrole nitrogens is 1. The Morgan fingerprint density at radius 2 is 1.85 bits per heavy atom. The fourth-order valence-corrected chi connectivity index (χ4v) is 4.47. The smallest absolute Gasteiger partial charge is 0.251 e. The highest BCUT2D eigenvalue weighted by molar-refractivity contribution is 7.78. The molecule has 1 aliphatic carbocycles. The molecule has 1 aromatic heterocycles. The predicted molar refractivity (Wildman–Crippen MR) is 104 cm³/mol. The first-order chi connectivity index (χ1) is 12.6. The number of nitrogens with one attached hydrogen (secondary N) is 1. The quantitative estimate of drug-likeness (QED) is 0.746. The number of hydrogen-bond donors (Lipinski definition) is 1. The molecular weight excluding hydrogens is 346 g/mol. The van der Waals surface area contributed by atoms with E-state index in [-0.39, 0.29) is 17.2 Å². The summed E-state index contributed by atoms with van der Waals surface area (Å²) < 4.78 is 21.8. The molecule has 0 saturated heterocycles. The summed E-state index contributed by atoms with van der Waals surface area (Å²) in [7, 11) is 0. The van der Waals surface area contributed by atoms with Crippen molar-refractivity contribution in [3.05, 3.63) is 69.1 Å². The molecule has 1 saturated carbocycles. The van der Waals surface area contributed by atoms with E-state index < -0.39 is 11.1 Å². The van der Waals surface area contributed by atoms with Gasteiger partial charge in [0.1, 0.15) is 0 Å². The second-order valence-electron chi connectivity index (χ2n) is 7.25. The maximum atomic E-state index is 12.3. The molecule has 2 atom stereocenters. The second kappa shape index (κ2) is 8.78. The van der Waals surface area contributed by atoms with Crippen molar-refractivity contribution in [3.63, 3.8) is 0 Å². The van der Waals surface area contributed by atoms with Gasteiger partial charge in [-0.05, 0) is 36.0 Å². The lowest BCUT2D eigenvalue weighted by molar-refractivity contribution is 0.468. The van der Waals surface area contributed by atoms with E-state index in [9.17, 15) is 13.6 Å². The summed E-state index contributed by atoms with van der Waals surface area (Å²) in [6.07, 6.45) is 6.83. The van der Waals surface area contributed by atoms with E-state index in [0.29, 0.717) is 5.92 Å². The molecule has 2 unspecified atom stereocenters. The van der Waals surface area contributed by atoms with Crippen LogP contribution in [0.1, 0.15) is 67.3 Å². The zero-order chi connectivity index (χ0) is 18.5. The summed E-state index contributed by atoms with van der Waals surface area (Å²) in [5.41, 5.74) is 3.69. The Morgan fingerprint density at radius 1 is 1.15 bits per heavy atom. The Hall–Kier alpha value is -1.72. The molecule has 5 heteroatoms. The van der Waals surface area contributed by atoms with E-state index in [0.717, 1.165) is 35.2 Å². The van der Waals surface area contributed by atoms with E-state index >= 15 is 0 Å². The third-order valence-electron chi connectivity index (χ3n) is 5.48. The monoisotopic (exact) mass is 372 g/mol. The molecule has 0 radical (unpaired) electrons. The van der Waals surface area contributed by atoms with Crippen molar-refractivity contribution in [2.24, 2.45) is 5.92 Å². The normalized spacial score (nSPS) is 17.3. The largest absolute Gasteiger partial charge is 0.772 e. The van der Waals surface area contributed by atoms with Gasteiger partial charge < -0.3 is 9.54 Å². The molecule has 1 fully saturated rings. The minimum absolute atomic E-state index is 0.000191. The van der Waals surface area contributed by atoms with Gasteiger partial charge in [0.05, 0.1) is 0 Å². The van der Waals surface area contributed by atoms with Gasteiger partial charge in [0.25, 0.3) is 5.56 Å². The van der Waals surface area contributed by atoms with Crippen LogP contribution in [-0.4, -0.2) is 13.7 Å². The van der Waals surface area contributed by atoms with Crippen molar-refractivity contribution >= 4 is 11.1 Å². The Labute approximate surface area is 157 Å². The molecule has 1 aliphatic rings. The SMILES string of the molecule is CCc1ccc(C(CC2CCCC2)c2ccc(CS(=O)[O-])cc2)[nH]c1=O. The minimum Gasteiger partial charge on any atom is -0.772 e. The lowest BCUT2D eigenvalue weighted by atomic mass is 9.85. The number of hydrogen-bond acceptors (Lipinski definition) is 3. The molecule has 3 rings (SSSR count). The van der Waals surface area contributed by atoms with Gasteiger partial charge in [0, 0.05) is 22.9 Å². The molecule has 4 nitrogen and oxygen atoms in total. The van der Waals surface area contributed by atoms with Crippen LogP contribution in [0.3, 0.4) is 0 Å². The molecule has 140 valence electrons. The Morgan fingerprint density at radius 3 is 2.42 bits per heavy atom. The minimum atomic E-state index is -2.08. The first kappa shape index (κ1) is 19.1. The Bertz CT molecular complexity index is 807. The standard InChI is InChI=1S/C21H27NO3S/c1-2-17-11-12-20(22-21(17)23)19(13-15-5-3-4-6-15)18-9-7-16(8-10-18)14-26(24)25/h7-12,15,19H,2-6,13-14H2,1H3,(H,22,23)(H,24,25)/p-1. The molecule has 0 bridgehead atoms. The van der Waals surface area contributed by atoms with Gasteiger partial charge >= 0.3 is 0 Å². The van der Waals surface area contributed by atoms with E-state index in [1.165, 1.54) is 25.7 Å². The molecule has 2 aromatic rings. The summed E-state index contributed by atoms with van der Waals surface area (Å²) in [5.74, 6) is 0.863. The summed E-state index contributed by atoms with van der Waals surface area (Å²) in [6.45, 7) is 1.99. The lowest BCUT2D eigenvalue weighted by Gasteiger charge is -2.22. The van der Waals surface area contributed by atoms with Crippen LogP contribution in [0.25, 0.3) is 0 Å². The molecule has 1 N–H and O–H groups in total. The average Bonchev–Trinajstić information content (AvgIpc) is 3.13. The van der Waals surface area contributed by atoms with Crippen molar-refractivity contribution in [1.29, 1.82) is 0 Å². The van der Waals surface area contributed by atoms with Crippen LogP contribution in [0.2, 0.25) is 0 Å². The zero-order valence-corrected chi connectivity index (χ0v) is 16.0. The van der Waals surface area contributed by atoms with Gasteiger partial charge in [0.2, 0.25) is 0 Å². The molecule has 1 aromatic carbocycles. The van der Waals surface area contributed by atoms with Crippen molar-refractivity contribution < 1.29 is 8.76 Å². The first-order valence-electron chi connectivity index (χ1n) is 9.43. The van der Waals surface area contributed by atoms with Crippen LogP contribution >= 0.6 is 0 Å². The number of benzene rings is 1. The van der Waals surface area contributed by atoms with Crippen molar-refractivity contribution in [1.82, 2.24) is 4.98 Å². The summed E-state index contributed by atoms with van der Waals surface area (Å²) in [6, 6.07) is 11.8. The summed E-state index contributed by atoms with van der Waals surface area (Å²) >= 11 is -2.08. The van der Waals surface area contributed by atoms with Gasteiger partial charge in [-0.15, -0.1) is 0 Å². The summed E-state index contributed by atoms with van der Waals surface area (Å²) in [4.78, 5) is 15.4. The van der Waals surface area contributed by atoms with Crippen molar-refractivity contribution in [2.75, 3.05) is 0 Å². The van der Waals surface area contributed by atoms with Gasteiger partial charge in [0.15, 0.2) is 0 Å². The second-order valence-corrected chi connectivity index (χ2v) is 8.15. The number of aromatic nitrogens is 1. The maximum Gasteiger partial charge on any atom is 0.251 e.